The smallest absolute Gasteiger partial charge is 0.304 e. The first-order valence-electron chi connectivity index (χ1n) is 9.68. The van der Waals surface area contributed by atoms with Crippen molar-refractivity contribution >= 4 is 40.4 Å². The number of carboxylic acid groups (broad SMARTS) is 1. The second-order valence-electron chi connectivity index (χ2n) is 6.64. The molecule has 1 aliphatic heterocycles. The number of carbonyl (C=O) groups excluding carboxylic acids is 1. The highest BCUT2D eigenvalue weighted by Crippen LogP contribution is 2.15. The Bertz CT molecular complexity index is 876. The minimum atomic E-state index is -3.86. The van der Waals surface area contributed by atoms with Gasteiger partial charge in [0.1, 0.15) is 12.4 Å². The third kappa shape index (κ3) is 9.55. The van der Waals surface area contributed by atoms with Crippen molar-refractivity contribution < 1.29 is 27.9 Å². The number of Topliss-reactive ketones (excluding diaryl/α,β-unsaturated/α-hetero) is 1. The topological polar surface area (TPSA) is 158 Å². The molecule has 0 radical (unpaired) electrons. The molecule has 1 atom stereocenters. The molecule has 13 heteroatoms. The average Bonchev–Trinajstić information content (AvgIpc) is 2.74. The number of carbonyl (C=O) groups is 2. The van der Waals surface area contributed by atoms with Crippen molar-refractivity contribution in [2.24, 2.45) is 4.99 Å². The summed E-state index contributed by atoms with van der Waals surface area (Å²) < 4.78 is 29.6. The molecule has 11 nitrogen and oxygen atoms in total. The Morgan fingerprint density at radius 2 is 2.00 bits per heavy atom. The maximum atomic E-state index is 12.5. The largest absolute Gasteiger partial charge is 0.492 e. The van der Waals surface area contributed by atoms with E-state index in [0.717, 1.165) is 25.5 Å². The van der Waals surface area contributed by atoms with Crippen LogP contribution in [0.1, 0.15) is 23.2 Å². The van der Waals surface area contributed by atoms with Crippen molar-refractivity contribution in [1.29, 1.82) is 0 Å². The fourth-order valence-electron chi connectivity index (χ4n) is 2.55. The number of thiol groups is 1. The van der Waals surface area contributed by atoms with Crippen LogP contribution in [0.2, 0.25) is 0 Å². The molecule has 0 spiro atoms. The van der Waals surface area contributed by atoms with Gasteiger partial charge in [0.05, 0.1) is 24.0 Å². The van der Waals surface area contributed by atoms with Gasteiger partial charge in [0.2, 0.25) is 10.0 Å². The number of nitrogens with zero attached hydrogens (tertiary/aromatic N) is 1. The maximum Gasteiger partial charge on any atom is 0.304 e. The van der Waals surface area contributed by atoms with Crippen LogP contribution in [0, 0.1) is 0 Å². The summed E-state index contributed by atoms with van der Waals surface area (Å²) in [5.74, 6) is -0.736. The lowest BCUT2D eigenvalue weighted by Gasteiger charge is -2.16. The molecule has 1 aromatic carbocycles. The second-order valence-corrected chi connectivity index (χ2v) is 9.03. The molecule has 0 amide bonds. The van der Waals surface area contributed by atoms with Crippen LogP contribution in [-0.4, -0.2) is 75.0 Å². The fraction of sp³-hybridized carbons (Fsp3) is 0.500. The van der Waals surface area contributed by atoms with Gasteiger partial charge in [-0.15, -0.1) is 0 Å². The third-order valence-corrected chi connectivity index (χ3v) is 5.96. The lowest BCUT2D eigenvalue weighted by atomic mass is 10.1. The Morgan fingerprint density at radius 3 is 2.65 bits per heavy atom. The zero-order valence-electron chi connectivity index (χ0n) is 16.8. The highest BCUT2D eigenvalue weighted by Gasteiger charge is 2.23. The molecule has 1 heterocycles. The number of aliphatic carboxylic acids is 1. The number of carboxylic acids is 1. The van der Waals surface area contributed by atoms with Gasteiger partial charge in [-0.25, -0.2) is 13.8 Å². The van der Waals surface area contributed by atoms with E-state index in [9.17, 15) is 18.0 Å². The predicted molar refractivity (Wildman–Crippen MR) is 119 cm³/mol. The van der Waals surface area contributed by atoms with Crippen LogP contribution < -0.4 is 25.6 Å². The average molecular weight is 474 g/mol. The van der Waals surface area contributed by atoms with Crippen molar-refractivity contribution in [3.63, 3.8) is 0 Å². The van der Waals surface area contributed by atoms with Gasteiger partial charge in [0, 0.05) is 25.2 Å². The minimum Gasteiger partial charge on any atom is -0.492 e. The number of hydrazine groups is 1. The number of hydrogen-bond acceptors (Lipinski definition) is 10. The third-order valence-electron chi connectivity index (χ3n) is 4.07. The first-order chi connectivity index (χ1) is 14.8. The summed E-state index contributed by atoms with van der Waals surface area (Å²) in [5, 5.41) is 13.7. The molecule has 1 aromatic rings. The summed E-state index contributed by atoms with van der Waals surface area (Å²) in [6, 6.07) is 6.35. The fourth-order valence-corrected chi connectivity index (χ4v) is 4.26. The van der Waals surface area contributed by atoms with Gasteiger partial charge in [-0.3, -0.25) is 14.6 Å². The molecule has 172 valence electrons. The van der Waals surface area contributed by atoms with Crippen LogP contribution in [-0.2, 0) is 14.8 Å². The van der Waals surface area contributed by atoms with Gasteiger partial charge in [0.15, 0.2) is 11.7 Å². The number of aliphatic imine (C=N–C) groups is 1. The van der Waals surface area contributed by atoms with Crippen LogP contribution in [0.5, 0.6) is 5.75 Å². The number of rotatable bonds is 13. The number of guanidine groups is 1. The Morgan fingerprint density at radius 1 is 1.26 bits per heavy atom. The molecule has 0 aromatic heterocycles. The van der Waals surface area contributed by atoms with Gasteiger partial charge in [-0.2, -0.15) is 17.5 Å². The van der Waals surface area contributed by atoms with Crippen molar-refractivity contribution in [3.05, 3.63) is 29.8 Å². The van der Waals surface area contributed by atoms with Crippen molar-refractivity contribution in [1.82, 2.24) is 20.9 Å². The summed E-state index contributed by atoms with van der Waals surface area (Å²) in [5.41, 5.74) is 2.60. The highest BCUT2D eigenvalue weighted by atomic mass is 32.2. The molecule has 2 rings (SSSR count). The lowest BCUT2D eigenvalue weighted by molar-refractivity contribution is -0.136. The predicted octanol–water partition coefficient (Wildman–Crippen LogP) is -0.616. The van der Waals surface area contributed by atoms with Crippen LogP contribution in [0.15, 0.2) is 29.3 Å². The molecule has 1 aliphatic rings. The molecule has 0 fully saturated rings. The molecule has 0 bridgehead atoms. The molecule has 0 aliphatic carbocycles. The van der Waals surface area contributed by atoms with Crippen molar-refractivity contribution in [2.45, 2.75) is 18.1 Å². The molecule has 31 heavy (non-hydrogen) atoms. The van der Waals surface area contributed by atoms with Gasteiger partial charge in [-0.05, 0) is 30.7 Å². The quantitative estimate of drug-likeness (QED) is 0.0951. The number of ether oxygens (including phenoxy) is 1. The Kier molecular flexibility index (Phi) is 10.0. The number of nitrogens with one attached hydrogen (secondary N) is 4. The lowest BCUT2D eigenvalue weighted by Crippen LogP contribution is -2.42. The van der Waals surface area contributed by atoms with E-state index in [0.29, 0.717) is 24.5 Å². The molecule has 0 saturated carbocycles. The van der Waals surface area contributed by atoms with E-state index >= 15 is 0 Å². The summed E-state index contributed by atoms with van der Waals surface area (Å²) in [7, 11) is -3.86. The Hall–Kier alpha value is -2.35. The van der Waals surface area contributed by atoms with Crippen LogP contribution >= 0.6 is 12.6 Å². The van der Waals surface area contributed by atoms with Gasteiger partial charge in [0.25, 0.3) is 0 Å². The first kappa shape index (κ1) is 24.9. The van der Waals surface area contributed by atoms with E-state index in [2.05, 4.69) is 33.7 Å². The molecule has 0 saturated heterocycles. The first-order valence-corrected chi connectivity index (χ1v) is 11.8. The van der Waals surface area contributed by atoms with Gasteiger partial charge >= 0.3 is 5.97 Å². The number of hydrogen-bond donors (Lipinski definition) is 6. The maximum absolute atomic E-state index is 12.5. The minimum absolute atomic E-state index is 0.0820. The highest BCUT2D eigenvalue weighted by molar-refractivity contribution is 7.91. The molecule has 1 unspecified atom stereocenters. The zero-order valence-corrected chi connectivity index (χ0v) is 18.5. The van der Waals surface area contributed by atoms with E-state index in [1.807, 2.05) is 4.83 Å². The second kappa shape index (κ2) is 12.5. The normalized spacial score (nSPS) is 14.8. The monoisotopic (exact) mass is 473 g/mol. The van der Waals surface area contributed by atoms with Gasteiger partial charge in [-0.1, -0.05) is 0 Å². The van der Waals surface area contributed by atoms with Crippen LogP contribution in [0.4, 0.5) is 0 Å². The number of sulfonamides is 1. The zero-order chi connectivity index (χ0) is 22.7. The molecule has 5 N–H and O–H groups in total. The van der Waals surface area contributed by atoms with E-state index in [-0.39, 0.29) is 13.0 Å². The van der Waals surface area contributed by atoms with Crippen molar-refractivity contribution in [3.8, 4) is 5.75 Å². The molecular formula is C18H27N5O6S2. The molecular weight excluding hydrogens is 446 g/mol. The van der Waals surface area contributed by atoms with Gasteiger partial charge < -0.3 is 20.5 Å². The van der Waals surface area contributed by atoms with E-state index in [1.165, 1.54) is 0 Å². The number of ketones is 1. The van der Waals surface area contributed by atoms with Crippen molar-refractivity contribution in [2.75, 3.05) is 38.5 Å². The summed E-state index contributed by atoms with van der Waals surface area (Å²) in [4.78, 5) is 29.2. The summed E-state index contributed by atoms with van der Waals surface area (Å²) >= 11 is 4.11. The Labute approximate surface area is 186 Å². The summed E-state index contributed by atoms with van der Waals surface area (Å²) in [6.07, 6.45) is 0.772. The van der Waals surface area contributed by atoms with Crippen LogP contribution in [0.3, 0.4) is 0 Å². The SMILES string of the molecule is O=C(O)CCNNS(=O)(=O)CC(S)C(=O)c1ccc(OCCNC2=NCCCN2)cc1. The van der Waals surface area contributed by atoms with E-state index in [4.69, 9.17) is 9.84 Å². The van der Waals surface area contributed by atoms with E-state index in [1.54, 1.807) is 24.3 Å². The Balaban J connectivity index is 1.75. The summed E-state index contributed by atoms with van der Waals surface area (Å²) in [6.45, 7) is 2.59. The van der Waals surface area contributed by atoms with E-state index < -0.39 is 32.8 Å². The standard InChI is InChI=1S/C18H27N5O6S2/c24-16(25)6-9-22-23-31(27,28)12-15(30)17(26)13-2-4-14(5-3-13)29-11-10-21-18-19-7-1-8-20-18/h2-5,15,22-23,30H,1,6-12H2,(H,24,25)(H2,19,20,21). The van der Waals surface area contributed by atoms with Crippen LogP contribution in [0.25, 0.3) is 0 Å². The number of benzene rings is 1.